The van der Waals surface area contributed by atoms with Gasteiger partial charge in [-0.1, -0.05) is 52.9 Å². The average molecular weight is 602 g/mol. The maximum atomic E-state index is 13.8. The summed E-state index contributed by atoms with van der Waals surface area (Å²) >= 11 is 0. The highest BCUT2D eigenvalue weighted by molar-refractivity contribution is 5.97. The van der Waals surface area contributed by atoms with Crippen LogP contribution < -0.4 is 26.6 Å². The van der Waals surface area contributed by atoms with Crippen LogP contribution in [0.15, 0.2) is 12.4 Å². The van der Waals surface area contributed by atoms with Crippen LogP contribution in [-0.4, -0.2) is 70.3 Å². The summed E-state index contributed by atoms with van der Waals surface area (Å²) in [6.45, 7) is 7.67. The Morgan fingerprint density at radius 1 is 1.05 bits per heavy atom. The van der Waals surface area contributed by atoms with Crippen molar-refractivity contribution in [2.45, 2.75) is 116 Å². The number of carbonyl (C=O) groups is 5. The molecule has 4 atom stereocenters. The molecule has 4 amide bonds. The Morgan fingerprint density at radius 3 is 2.42 bits per heavy atom. The predicted octanol–water partition coefficient (Wildman–Crippen LogP) is 2.58. The molecule has 12 nitrogen and oxygen atoms in total. The van der Waals surface area contributed by atoms with Crippen LogP contribution in [0.5, 0.6) is 0 Å². The summed E-state index contributed by atoms with van der Waals surface area (Å²) in [5.74, 6) is -2.38. The Kier molecular flexibility index (Phi) is 13.0. The summed E-state index contributed by atoms with van der Waals surface area (Å²) in [5.41, 5.74) is -0.457. The lowest BCUT2D eigenvalue weighted by atomic mass is 9.83. The third-order valence-corrected chi connectivity index (χ3v) is 8.79. The van der Waals surface area contributed by atoms with E-state index in [1.165, 1.54) is 6.42 Å². The summed E-state index contributed by atoms with van der Waals surface area (Å²) in [5, 5.41) is 21.5. The number of H-pyrrole nitrogens is 1. The fraction of sp³-hybridized carbons (Fsp3) is 0.742. The zero-order valence-corrected chi connectivity index (χ0v) is 26.2. The van der Waals surface area contributed by atoms with E-state index in [2.05, 4.69) is 36.8 Å². The van der Waals surface area contributed by atoms with E-state index in [0.29, 0.717) is 38.1 Å². The van der Waals surface area contributed by atoms with Crippen molar-refractivity contribution >= 4 is 35.1 Å². The molecule has 1 saturated carbocycles. The Labute approximate surface area is 255 Å². The Morgan fingerprint density at radius 2 is 1.77 bits per heavy atom. The van der Waals surface area contributed by atoms with Crippen molar-refractivity contribution in [2.24, 2.45) is 17.8 Å². The van der Waals surface area contributed by atoms with Gasteiger partial charge in [-0.15, -0.1) is 0 Å². The summed E-state index contributed by atoms with van der Waals surface area (Å²) < 4.78 is 0. The summed E-state index contributed by atoms with van der Waals surface area (Å²) in [4.78, 5) is 67.0. The number of Topliss-reactive ketones (excluding diaryl/α,β-unsaturated/α-hetero) is 1. The van der Waals surface area contributed by atoms with Crippen LogP contribution in [0, 0.1) is 17.8 Å². The molecule has 0 bridgehead atoms. The molecule has 2 fully saturated rings. The van der Waals surface area contributed by atoms with E-state index >= 15 is 0 Å². The van der Waals surface area contributed by atoms with Crippen LogP contribution in [0.25, 0.3) is 0 Å². The van der Waals surface area contributed by atoms with Gasteiger partial charge in [0.25, 0.3) is 0 Å². The summed E-state index contributed by atoms with van der Waals surface area (Å²) in [6.07, 6.45) is 10.7. The van der Waals surface area contributed by atoms with Crippen LogP contribution in [-0.2, 0) is 24.0 Å². The van der Waals surface area contributed by atoms with Gasteiger partial charge in [-0.3, -0.25) is 29.1 Å². The summed E-state index contributed by atoms with van der Waals surface area (Å²) in [7, 11) is 0. The maximum absolute atomic E-state index is 13.8. The molecule has 12 heteroatoms. The average Bonchev–Trinajstić information content (AvgIpc) is 3.50. The number of nitrogens with zero attached hydrogens (tertiary/aromatic N) is 1. The number of amides is 4. The van der Waals surface area contributed by atoms with Gasteiger partial charge in [0.1, 0.15) is 12.1 Å². The fourth-order valence-corrected chi connectivity index (χ4v) is 5.85. The van der Waals surface area contributed by atoms with Crippen LogP contribution in [0.1, 0.15) is 98.3 Å². The predicted molar refractivity (Wildman–Crippen MR) is 164 cm³/mol. The van der Waals surface area contributed by atoms with Crippen molar-refractivity contribution in [2.75, 3.05) is 18.4 Å². The molecule has 1 saturated heterocycles. The van der Waals surface area contributed by atoms with Crippen LogP contribution in [0.3, 0.4) is 0 Å². The number of hydrogen-bond acceptors (Lipinski definition) is 7. The molecule has 3 rings (SSSR count). The monoisotopic (exact) mass is 601 g/mol. The number of ketones is 1. The summed E-state index contributed by atoms with van der Waals surface area (Å²) in [6, 6.07) is -1.59. The van der Waals surface area contributed by atoms with E-state index < -0.39 is 29.4 Å². The standard InChI is InChI=1S/C31H51N7O5/c1-5-24-30(43)37-25(16-21-10-7-6-8-11-21)29(42)33-15-13-31(4,38-27(40)20(2)3)26(39)17-22(28(41)36-24)12-9-14-32-23-18-34-35-19-23/h18-22,24-25,32H,5-17H2,1-4H3,(H,33,42)(H,34,35)(H,36,41)(H,37,43)(H,38,40)/t22-,24+,25-,31-/m1/s1. The second kappa shape index (κ2) is 16.4. The Bertz CT molecular complexity index is 1090. The SMILES string of the molecule is CC[C@@H]1NC(=O)[C@H](CCCNc2cn[nH]c2)CC(=O)[C@](C)(NC(=O)C(C)C)CCNC(=O)[C@@H](CC2CCCCC2)NC1=O. The third-order valence-electron chi connectivity index (χ3n) is 8.79. The van der Waals surface area contributed by atoms with Crippen molar-refractivity contribution in [1.29, 1.82) is 0 Å². The maximum Gasteiger partial charge on any atom is 0.243 e. The van der Waals surface area contributed by atoms with Gasteiger partial charge in [0.15, 0.2) is 5.78 Å². The van der Waals surface area contributed by atoms with E-state index in [-0.39, 0.29) is 48.8 Å². The van der Waals surface area contributed by atoms with Crippen molar-refractivity contribution in [3.8, 4) is 0 Å². The number of carbonyl (C=O) groups excluding carboxylic acids is 5. The van der Waals surface area contributed by atoms with Gasteiger partial charge in [-0.2, -0.15) is 5.10 Å². The van der Waals surface area contributed by atoms with Crippen molar-refractivity contribution in [1.82, 2.24) is 31.5 Å². The molecule has 6 N–H and O–H groups in total. The molecule has 240 valence electrons. The van der Waals surface area contributed by atoms with E-state index in [1.54, 1.807) is 40.1 Å². The van der Waals surface area contributed by atoms with E-state index in [9.17, 15) is 24.0 Å². The van der Waals surface area contributed by atoms with Crippen molar-refractivity contribution in [3.05, 3.63) is 12.4 Å². The molecule has 1 aromatic rings. The number of hydrogen-bond donors (Lipinski definition) is 6. The minimum absolute atomic E-state index is 0.108. The normalized spacial score (nSPS) is 26.7. The van der Waals surface area contributed by atoms with Crippen LogP contribution in [0.2, 0.25) is 0 Å². The molecule has 43 heavy (non-hydrogen) atoms. The number of nitrogens with one attached hydrogen (secondary N) is 6. The Balaban J connectivity index is 1.84. The Hall–Kier alpha value is -3.44. The van der Waals surface area contributed by atoms with Crippen molar-refractivity contribution in [3.63, 3.8) is 0 Å². The molecule has 1 aromatic heterocycles. The second-order valence-corrected chi connectivity index (χ2v) is 12.7. The first-order valence-corrected chi connectivity index (χ1v) is 16.0. The molecule has 2 heterocycles. The lowest BCUT2D eigenvalue weighted by Crippen LogP contribution is -2.58. The zero-order chi connectivity index (χ0) is 31.4. The highest BCUT2D eigenvalue weighted by Gasteiger charge is 2.39. The molecular formula is C31H51N7O5. The van der Waals surface area contributed by atoms with Gasteiger partial charge >= 0.3 is 0 Å². The molecular weight excluding hydrogens is 550 g/mol. The number of aromatic nitrogens is 2. The zero-order valence-electron chi connectivity index (χ0n) is 26.2. The van der Waals surface area contributed by atoms with Crippen LogP contribution in [0.4, 0.5) is 5.69 Å². The molecule has 0 aromatic carbocycles. The topological polar surface area (TPSA) is 174 Å². The molecule has 1 aliphatic carbocycles. The largest absolute Gasteiger partial charge is 0.383 e. The van der Waals surface area contributed by atoms with Gasteiger partial charge in [-0.05, 0) is 44.9 Å². The first-order chi connectivity index (χ1) is 20.5. The van der Waals surface area contributed by atoms with Gasteiger partial charge in [0.2, 0.25) is 23.6 Å². The van der Waals surface area contributed by atoms with Gasteiger partial charge in [-0.25, -0.2) is 0 Å². The van der Waals surface area contributed by atoms with Gasteiger partial charge in [0, 0.05) is 37.5 Å². The van der Waals surface area contributed by atoms with Crippen molar-refractivity contribution < 1.29 is 24.0 Å². The molecule has 0 spiro atoms. The molecule has 0 unspecified atom stereocenters. The molecule has 1 aliphatic heterocycles. The fourth-order valence-electron chi connectivity index (χ4n) is 5.85. The minimum atomic E-state index is -1.28. The number of rotatable bonds is 10. The minimum Gasteiger partial charge on any atom is -0.383 e. The van der Waals surface area contributed by atoms with E-state index in [0.717, 1.165) is 31.4 Å². The lowest BCUT2D eigenvalue weighted by molar-refractivity contribution is -0.137. The van der Waals surface area contributed by atoms with Crippen LogP contribution >= 0.6 is 0 Å². The number of anilines is 1. The van der Waals surface area contributed by atoms with E-state index in [4.69, 9.17) is 0 Å². The second-order valence-electron chi connectivity index (χ2n) is 12.7. The molecule has 0 radical (unpaired) electrons. The quantitative estimate of drug-likeness (QED) is 0.224. The smallest absolute Gasteiger partial charge is 0.243 e. The first-order valence-electron chi connectivity index (χ1n) is 16.0. The molecule has 2 aliphatic rings. The van der Waals surface area contributed by atoms with Gasteiger partial charge < -0.3 is 26.6 Å². The third kappa shape index (κ3) is 10.4. The van der Waals surface area contributed by atoms with Gasteiger partial charge in [0.05, 0.1) is 17.4 Å². The van der Waals surface area contributed by atoms with E-state index in [1.807, 2.05) is 0 Å². The lowest BCUT2D eigenvalue weighted by Gasteiger charge is -2.33. The number of aromatic amines is 1. The highest BCUT2D eigenvalue weighted by atomic mass is 16.2. The highest BCUT2D eigenvalue weighted by Crippen LogP contribution is 2.28. The first kappa shape index (κ1) is 34.1.